The minimum absolute atomic E-state index is 0.246. The summed E-state index contributed by atoms with van der Waals surface area (Å²) in [6.45, 7) is 0.339. The van der Waals surface area contributed by atoms with E-state index in [1.807, 2.05) is 40.8 Å². The summed E-state index contributed by atoms with van der Waals surface area (Å²) in [7, 11) is 0. The van der Waals surface area contributed by atoms with E-state index in [1.54, 1.807) is 6.07 Å². The Morgan fingerprint density at radius 3 is 2.68 bits per heavy atom. The smallest absolute Gasteiger partial charge is 0.252 e. The molecule has 98 valence electrons. The van der Waals surface area contributed by atoms with Crippen LogP contribution in [0.3, 0.4) is 0 Å². The monoisotopic (exact) mass is 389 g/mol. The van der Waals surface area contributed by atoms with Crippen LogP contribution in [-0.4, -0.2) is 5.91 Å². The van der Waals surface area contributed by atoms with Crippen LogP contribution in [0.2, 0.25) is 5.02 Å². The maximum Gasteiger partial charge on any atom is 0.252 e. The van der Waals surface area contributed by atoms with Gasteiger partial charge in [-0.25, -0.2) is 4.39 Å². The van der Waals surface area contributed by atoms with Crippen LogP contribution in [0, 0.1) is 9.39 Å². The number of carbonyl (C=O) groups excluding carboxylic acids is 1. The molecule has 0 radical (unpaired) electrons. The van der Waals surface area contributed by atoms with Gasteiger partial charge in [0.1, 0.15) is 5.82 Å². The van der Waals surface area contributed by atoms with Crippen molar-refractivity contribution in [3.05, 3.63) is 68.0 Å². The van der Waals surface area contributed by atoms with E-state index in [0.717, 1.165) is 5.56 Å². The first-order chi connectivity index (χ1) is 9.08. The van der Waals surface area contributed by atoms with Crippen LogP contribution in [0.4, 0.5) is 4.39 Å². The summed E-state index contributed by atoms with van der Waals surface area (Å²) in [5.74, 6) is -0.601. The lowest BCUT2D eigenvalue weighted by Gasteiger charge is -2.08. The molecule has 0 saturated carbocycles. The van der Waals surface area contributed by atoms with Crippen LogP contribution in [0.5, 0.6) is 0 Å². The van der Waals surface area contributed by atoms with Gasteiger partial charge in [0.2, 0.25) is 0 Å². The molecule has 5 heteroatoms. The zero-order chi connectivity index (χ0) is 13.8. The van der Waals surface area contributed by atoms with Gasteiger partial charge in [0.25, 0.3) is 5.91 Å². The molecule has 2 rings (SSSR count). The highest BCUT2D eigenvalue weighted by molar-refractivity contribution is 14.1. The number of benzene rings is 2. The predicted octanol–water partition coefficient (Wildman–Crippen LogP) is 4.01. The van der Waals surface area contributed by atoms with Crippen LogP contribution < -0.4 is 5.32 Å². The van der Waals surface area contributed by atoms with E-state index in [2.05, 4.69) is 5.32 Å². The largest absolute Gasteiger partial charge is 0.348 e. The zero-order valence-electron chi connectivity index (χ0n) is 9.79. The maximum absolute atomic E-state index is 13.0. The molecule has 0 fully saturated rings. The van der Waals surface area contributed by atoms with Gasteiger partial charge in [0, 0.05) is 15.1 Å². The van der Waals surface area contributed by atoms with E-state index < -0.39 is 0 Å². The molecule has 0 unspecified atom stereocenters. The Morgan fingerprint density at radius 2 is 2.00 bits per heavy atom. The van der Waals surface area contributed by atoms with Gasteiger partial charge in [-0.15, -0.1) is 0 Å². The normalized spacial score (nSPS) is 10.3. The number of rotatable bonds is 3. The molecular weight excluding hydrogens is 380 g/mol. The predicted molar refractivity (Wildman–Crippen MR) is 81.7 cm³/mol. The van der Waals surface area contributed by atoms with E-state index in [4.69, 9.17) is 11.6 Å². The molecule has 1 N–H and O–H groups in total. The van der Waals surface area contributed by atoms with Gasteiger partial charge in [-0.2, -0.15) is 0 Å². The van der Waals surface area contributed by atoms with Gasteiger partial charge in [-0.3, -0.25) is 4.79 Å². The first-order valence-corrected chi connectivity index (χ1v) is 7.00. The van der Waals surface area contributed by atoms with Gasteiger partial charge >= 0.3 is 0 Å². The molecule has 0 saturated heterocycles. The summed E-state index contributed by atoms with van der Waals surface area (Å²) in [4.78, 5) is 12.0. The average molecular weight is 390 g/mol. The molecule has 0 atom stereocenters. The van der Waals surface area contributed by atoms with E-state index in [0.29, 0.717) is 20.7 Å². The fourth-order valence-electron chi connectivity index (χ4n) is 1.59. The average Bonchev–Trinajstić information content (AvgIpc) is 2.37. The quantitative estimate of drug-likeness (QED) is 0.790. The third-order valence-corrected chi connectivity index (χ3v) is 3.83. The molecule has 0 heterocycles. The van der Waals surface area contributed by atoms with Gasteiger partial charge in [-0.05, 0) is 52.4 Å². The molecule has 0 aliphatic carbocycles. The highest BCUT2D eigenvalue weighted by Crippen LogP contribution is 2.16. The summed E-state index contributed by atoms with van der Waals surface area (Å²) in [5, 5.41) is 3.37. The number of carbonyl (C=O) groups is 1. The first kappa shape index (κ1) is 14.3. The topological polar surface area (TPSA) is 29.1 Å². The molecule has 19 heavy (non-hydrogen) atoms. The number of hydrogen-bond acceptors (Lipinski definition) is 1. The fraction of sp³-hybridized carbons (Fsp3) is 0.0714. The van der Waals surface area contributed by atoms with Crippen LogP contribution in [-0.2, 0) is 6.54 Å². The molecular formula is C14H10ClFINO. The number of halogens is 3. The number of hydrogen-bond donors (Lipinski definition) is 1. The second-order valence-corrected chi connectivity index (χ2v) is 5.47. The second-order valence-electron chi connectivity index (χ2n) is 3.90. The Kier molecular flexibility index (Phi) is 4.76. The van der Waals surface area contributed by atoms with Crippen molar-refractivity contribution in [3.63, 3.8) is 0 Å². The lowest BCUT2D eigenvalue weighted by molar-refractivity contribution is 0.0950. The van der Waals surface area contributed by atoms with Crippen LogP contribution in [0.15, 0.2) is 42.5 Å². The summed E-state index contributed by atoms with van der Waals surface area (Å²) < 4.78 is 13.5. The summed E-state index contributed by atoms with van der Waals surface area (Å²) in [5.41, 5.74) is 1.30. The van der Waals surface area contributed by atoms with Crippen molar-refractivity contribution < 1.29 is 9.18 Å². The highest BCUT2D eigenvalue weighted by atomic mass is 127. The van der Waals surface area contributed by atoms with Gasteiger partial charge in [0.15, 0.2) is 0 Å². The van der Waals surface area contributed by atoms with Crippen molar-refractivity contribution in [2.45, 2.75) is 6.54 Å². The first-order valence-electron chi connectivity index (χ1n) is 5.54. The van der Waals surface area contributed by atoms with Crippen LogP contribution in [0.25, 0.3) is 0 Å². The van der Waals surface area contributed by atoms with E-state index in [-0.39, 0.29) is 11.7 Å². The second kappa shape index (κ2) is 6.34. The fourth-order valence-corrected chi connectivity index (χ4v) is 2.51. The Labute approximate surface area is 129 Å². The van der Waals surface area contributed by atoms with E-state index in [9.17, 15) is 9.18 Å². The minimum atomic E-state index is -0.355. The third-order valence-electron chi connectivity index (χ3n) is 2.57. The van der Waals surface area contributed by atoms with Crippen molar-refractivity contribution in [2.75, 3.05) is 0 Å². The molecule has 2 nitrogen and oxygen atoms in total. The molecule has 0 bridgehead atoms. The Bertz CT molecular complexity index is 618. The van der Waals surface area contributed by atoms with Crippen molar-refractivity contribution in [3.8, 4) is 0 Å². The maximum atomic E-state index is 13.0. The summed E-state index contributed by atoms with van der Waals surface area (Å²) in [6.07, 6.45) is 0. The van der Waals surface area contributed by atoms with Crippen molar-refractivity contribution >= 4 is 40.1 Å². The molecule has 0 aliphatic rings. The number of amides is 1. The van der Waals surface area contributed by atoms with Crippen molar-refractivity contribution in [1.82, 2.24) is 5.32 Å². The van der Waals surface area contributed by atoms with Crippen molar-refractivity contribution in [1.29, 1.82) is 0 Å². The van der Waals surface area contributed by atoms with E-state index in [1.165, 1.54) is 18.2 Å². The highest BCUT2D eigenvalue weighted by Gasteiger charge is 2.10. The molecule has 1 amide bonds. The Morgan fingerprint density at radius 1 is 1.26 bits per heavy atom. The van der Waals surface area contributed by atoms with Crippen LogP contribution in [0.1, 0.15) is 15.9 Å². The van der Waals surface area contributed by atoms with Gasteiger partial charge in [0.05, 0.1) is 5.56 Å². The van der Waals surface area contributed by atoms with Crippen LogP contribution >= 0.6 is 34.2 Å². The molecule has 0 spiro atoms. The molecule has 0 aliphatic heterocycles. The lowest BCUT2D eigenvalue weighted by atomic mass is 10.2. The number of nitrogens with one attached hydrogen (secondary N) is 1. The molecule has 0 aromatic heterocycles. The summed E-state index contributed by atoms with van der Waals surface area (Å²) in [6, 6.07) is 11.4. The van der Waals surface area contributed by atoms with Gasteiger partial charge < -0.3 is 5.32 Å². The molecule has 2 aromatic carbocycles. The van der Waals surface area contributed by atoms with Gasteiger partial charge in [-0.1, -0.05) is 29.8 Å². The Hall–Kier alpha value is -1.14. The summed E-state index contributed by atoms with van der Waals surface area (Å²) >= 11 is 7.94. The third kappa shape index (κ3) is 3.67. The van der Waals surface area contributed by atoms with E-state index >= 15 is 0 Å². The minimum Gasteiger partial charge on any atom is -0.348 e. The zero-order valence-corrected chi connectivity index (χ0v) is 12.7. The SMILES string of the molecule is O=C(NCc1ccccc1Cl)c1ccc(F)cc1I. The Balaban J connectivity index is 2.08. The molecule has 2 aromatic rings. The standard InChI is InChI=1S/C14H10ClFINO/c15-12-4-2-1-3-9(12)8-18-14(19)11-6-5-10(16)7-13(11)17/h1-7H,8H2,(H,18,19). The van der Waals surface area contributed by atoms with Crippen molar-refractivity contribution in [2.24, 2.45) is 0 Å². The lowest BCUT2D eigenvalue weighted by Crippen LogP contribution is -2.23.